The highest BCUT2D eigenvalue weighted by molar-refractivity contribution is 5.13. The van der Waals surface area contributed by atoms with Gasteiger partial charge in [-0.1, -0.05) is 44.2 Å². The van der Waals surface area contributed by atoms with E-state index in [1.54, 1.807) is 0 Å². The Bertz CT molecular complexity index is 269. The molecule has 0 atom stereocenters. The van der Waals surface area contributed by atoms with Crippen LogP contribution < -0.4 is 5.32 Å². The molecule has 0 saturated carbocycles. The molecular formula is C13H21NO. The Labute approximate surface area is 92.6 Å². The van der Waals surface area contributed by atoms with Crippen LogP contribution in [0.4, 0.5) is 0 Å². The minimum Gasteiger partial charge on any atom is -0.376 e. The molecule has 0 aromatic heterocycles. The highest BCUT2D eigenvalue weighted by Crippen LogP contribution is 2.14. The van der Waals surface area contributed by atoms with Crippen LogP contribution in [0.1, 0.15) is 19.4 Å². The number of nitrogens with one attached hydrogen (secondary N) is 1. The molecule has 0 amide bonds. The van der Waals surface area contributed by atoms with Gasteiger partial charge in [-0.25, -0.2) is 0 Å². The van der Waals surface area contributed by atoms with Crippen molar-refractivity contribution in [3.05, 3.63) is 35.9 Å². The van der Waals surface area contributed by atoms with Crippen LogP contribution in [0.3, 0.4) is 0 Å². The van der Waals surface area contributed by atoms with Gasteiger partial charge in [0.25, 0.3) is 0 Å². The molecule has 1 aromatic carbocycles. The summed E-state index contributed by atoms with van der Waals surface area (Å²) in [4.78, 5) is 0. The fourth-order valence-electron chi connectivity index (χ4n) is 1.55. The highest BCUT2D eigenvalue weighted by Gasteiger charge is 2.16. The summed E-state index contributed by atoms with van der Waals surface area (Å²) in [7, 11) is 1.97. The lowest BCUT2D eigenvalue weighted by atomic mass is 9.95. The van der Waals surface area contributed by atoms with Crippen molar-refractivity contribution in [3.63, 3.8) is 0 Å². The maximum atomic E-state index is 5.70. The molecule has 0 radical (unpaired) electrons. The molecule has 0 aliphatic heterocycles. The summed E-state index contributed by atoms with van der Waals surface area (Å²) in [5.41, 5.74) is 1.43. The summed E-state index contributed by atoms with van der Waals surface area (Å²) >= 11 is 0. The molecule has 1 rings (SSSR count). The molecule has 84 valence electrons. The third kappa shape index (κ3) is 4.96. The van der Waals surface area contributed by atoms with Gasteiger partial charge in [0, 0.05) is 12.0 Å². The average molecular weight is 207 g/mol. The fourth-order valence-corrected chi connectivity index (χ4v) is 1.55. The molecule has 0 heterocycles. The minimum atomic E-state index is 0.198. The van der Waals surface area contributed by atoms with Gasteiger partial charge in [0.2, 0.25) is 0 Å². The van der Waals surface area contributed by atoms with Crippen LogP contribution >= 0.6 is 0 Å². The van der Waals surface area contributed by atoms with Gasteiger partial charge in [-0.05, 0) is 12.6 Å². The third-order valence-corrected chi connectivity index (χ3v) is 2.26. The maximum absolute atomic E-state index is 5.70. The van der Waals surface area contributed by atoms with Crippen LogP contribution in [-0.4, -0.2) is 20.2 Å². The van der Waals surface area contributed by atoms with E-state index in [0.717, 1.165) is 13.2 Å². The Morgan fingerprint density at radius 1 is 1.20 bits per heavy atom. The zero-order valence-electron chi connectivity index (χ0n) is 9.92. The maximum Gasteiger partial charge on any atom is 0.0717 e. The molecule has 1 aromatic rings. The summed E-state index contributed by atoms with van der Waals surface area (Å²) in [6, 6.07) is 10.3. The van der Waals surface area contributed by atoms with Gasteiger partial charge in [-0.15, -0.1) is 0 Å². The number of hydrogen-bond acceptors (Lipinski definition) is 2. The van der Waals surface area contributed by atoms with E-state index < -0.39 is 0 Å². The summed E-state index contributed by atoms with van der Waals surface area (Å²) in [6.45, 7) is 6.86. The standard InChI is InChI=1S/C13H21NO/c1-13(2,10-14-3)11-15-9-12-7-5-4-6-8-12/h4-8,14H,9-11H2,1-3H3. The van der Waals surface area contributed by atoms with Gasteiger partial charge in [-0.3, -0.25) is 0 Å². The number of rotatable bonds is 6. The third-order valence-electron chi connectivity index (χ3n) is 2.26. The molecule has 0 aliphatic rings. The summed E-state index contributed by atoms with van der Waals surface area (Å²) < 4.78 is 5.70. The normalized spacial score (nSPS) is 11.7. The Kier molecular flexibility index (Phi) is 4.79. The molecular weight excluding hydrogens is 186 g/mol. The van der Waals surface area contributed by atoms with Crippen LogP contribution in [0.5, 0.6) is 0 Å². The van der Waals surface area contributed by atoms with E-state index in [1.807, 2.05) is 25.2 Å². The largest absolute Gasteiger partial charge is 0.376 e. The lowest BCUT2D eigenvalue weighted by Crippen LogP contribution is -2.31. The molecule has 2 nitrogen and oxygen atoms in total. The molecule has 0 bridgehead atoms. The second-order valence-corrected chi connectivity index (χ2v) is 4.67. The van der Waals surface area contributed by atoms with E-state index in [-0.39, 0.29) is 5.41 Å². The van der Waals surface area contributed by atoms with Crippen molar-refractivity contribution < 1.29 is 4.74 Å². The highest BCUT2D eigenvalue weighted by atomic mass is 16.5. The molecule has 1 N–H and O–H groups in total. The van der Waals surface area contributed by atoms with Crippen molar-refractivity contribution in [2.75, 3.05) is 20.2 Å². The summed E-state index contributed by atoms with van der Waals surface area (Å²) in [5, 5.41) is 3.18. The predicted octanol–water partition coefficient (Wildman–Crippen LogP) is 2.45. The van der Waals surface area contributed by atoms with Gasteiger partial charge in [0.05, 0.1) is 13.2 Å². The second kappa shape index (κ2) is 5.89. The topological polar surface area (TPSA) is 21.3 Å². The van der Waals surface area contributed by atoms with Crippen LogP contribution in [-0.2, 0) is 11.3 Å². The summed E-state index contributed by atoms with van der Waals surface area (Å²) in [6.07, 6.45) is 0. The first-order valence-corrected chi connectivity index (χ1v) is 5.40. The first kappa shape index (κ1) is 12.2. The van der Waals surface area contributed by atoms with Crippen molar-refractivity contribution in [3.8, 4) is 0 Å². The minimum absolute atomic E-state index is 0.198. The molecule has 2 heteroatoms. The number of benzene rings is 1. The Morgan fingerprint density at radius 3 is 2.47 bits per heavy atom. The lowest BCUT2D eigenvalue weighted by Gasteiger charge is -2.23. The zero-order valence-corrected chi connectivity index (χ0v) is 9.92. The van der Waals surface area contributed by atoms with E-state index in [1.165, 1.54) is 5.56 Å². The fraction of sp³-hybridized carbons (Fsp3) is 0.538. The smallest absolute Gasteiger partial charge is 0.0717 e. The Balaban J connectivity index is 2.27. The van der Waals surface area contributed by atoms with E-state index in [4.69, 9.17) is 4.74 Å². The van der Waals surface area contributed by atoms with E-state index in [9.17, 15) is 0 Å². The first-order chi connectivity index (χ1) is 7.14. The lowest BCUT2D eigenvalue weighted by molar-refractivity contribution is 0.0522. The number of hydrogen-bond donors (Lipinski definition) is 1. The average Bonchev–Trinajstić information content (AvgIpc) is 2.19. The SMILES string of the molecule is CNCC(C)(C)COCc1ccccc1. The van der Waals surface area contributed by atoms with Crippen LogP contribution in [0.2, 0.25) is 0 Å². The molecule has 0 spiro atoms. The van der Waals surface area contributed by atoms with Gasteiger partial charge < -0.3 is 10.1 Å². The molecule has 0 aliphatic carbocycles. The van der Waals surface area contributed by atoms with E-state index >= 15 is 0 Å². The predicted molar refractivity (Wildman–Crippen MR) is 63.8 cm³/mol. The monoisotopic (exact) mass is 207 g/mol. The first-order valence-electron chi connectivity index (χ1n) is 5.40. The Hall–Kier alpha value is -0.860. The number of ether oxygens (including phenoxy) is 1. The van der Waals surface area contributed by atoms with Crippen molar-refractivity contribution in [1.82, 2.24) is 5.32 Å². The molecule has 15 heavy (non-hydrogen) atoms. The van der Waals surface area contributed by atoms with Gasteiger partial charge in [-0.2, -0.15) is 0 Å². The van der Waals surface area contributed by atoms with Crippen molar-refractivity contribution in [2.24, 2.45) is 5.41 Å². The molecule has 0 unspecified atom stereocenters. The van der Waals surface area contributed by atoms with Gasteiger partial charge >= 0.3 is 0 Å². The van der Waals surface area contributed by atoms with Crippen LogP contribution in [0, 0.1) is 5.41 Å². The van der Waals surface area contributed by atoms with Gasteiger partial charge in [0.1, 0.15) is 0 Å². The van der Waals surface area contributed by atoms with E-state index in [0.29, 0.717) is 6.61 Å². The second-order valence-electron chi connectivity index (χ2n) is 4.67. The summed E-state index contributed by atoms with van der Waals surface area (Å²) in [5.74, 6) is 0. The van der Waals surface area contributed by atoms with Crippen molar-refractivity contribution in [2.45, 2.75) is 20.5 Å². The quantitative estimate of drug-likeness (QED) is 0.773. The van der Waals surface area contributed by atoms with Gasteiger partial charge in [0.15, 0.2) is 0 Å². The molecule has 0 fully saturated rings. The van der Waals surface area contributed by atoms with Crippen LogP contribution in [0.25, 0.3) is 0 Å². The van der Waals surface area contributed by atoms with Crippen molar-refractivity contribution in [1.29, 1.82) is 0 Å². The molecule has 0 saturated heterocycles. The zero-order chi connectivity index (χ0) is 11.1. The van der Waals surface area contributed by atoms with Crippen molar-refractivity contribution >= 4 is 0 Å². The van der Waals surface area contributed by atoms with E-state index in [2.05, 4.69) is 31.3 Å². The Morgan fingerprint density at radius 2 is 1.87 bits per heavy atom. The van der Waals surface area contributed by atoms with Crippen LogP contribution in [0.15, 0.2) is 30.3 Å².